The van der Waals surface area contributed by atoms with E-state index in [2.05, 4.69) is 26.9 Å². The highest BCUT2D eigenvalue weighted by molar-refractivity contribution is 6.26. The number of benzene rings is 1. The van der Waals surface area contributed by atoms with Crippen molar-refractivity contribution in [1.82, 2.24) is 0 Å². The molecule has 0 aliphatic heterocycles. The van der Waals surface area contributed by atoms with Gasteiger partial charge in [0.15, 0.2) is 25.1 Å². The van der Waals surface area contributed by atoms with Gasteiger partial charge in [-0.25, -0.2) is 4.79 Å². The molecule has 0 saturated carbocycles. The van der Waals surface area contributed by atoms with Gasteiger partial charge in [-0.05, 0) is 25.0 Å². The number of ether oxygens (including phenoxy) is 1. The SMILES string of the molecule is CCOC(=O)C(C)(O)c1ccc(C(C)(C)C(O[SiH2]C)O[SiH2]C)cc1. The molecule has 0 amide bonds. The summed E-state index contributed by atoms with van der Waals surface area (Å²) in [7, 11) is -1.18. The fourth-order valence-electron chi connectivity index (χ4n) is 2.52. The van der Waals surface area contributed by atoms with Gasteiger partial charge in [0, 0.05) is 5.41 Å². The van der Waals surface area contributed by atoms with E-state index in [1.165, 1.54) is 6.92 Å². The summed E-state index contributed by atoms with van der Waals surface area (Å²) in [5.41, 5.74) is -0.410. The van der Waals surface area contributed by atoms with Gasteiger partial charge in [-0.3, -0.25) is 0 Å². The molecule has 5 nitrogen and oxygen atoms in total. The zero-order valence-corrected chi connectivity index (χ0v) is 18.4. The van der Waals surface area contributed by atoms with E-state index < -0.39 is 31.1 Å². The molecule has 0 aliphatic carbocycles. The third-order valence-electron chi connectivity index (χ3n) is 4.09. The summed E-state index contributed by atoms with van der Waals surface area (Å²) < 4.78 is 16.7. The van der Waals surface area contributed by atoms with Gasteiger partial charge in [0.1, 0.15) is 6.29 Å². The minimum Gasteiger partial charge on any atom is -0.464 e. The average Bonchev–Trinajstić information content (AvgIpc) is 2.55. The number of carbonyl (C=O) groups is 1. The summed E-state index contributed by atoms with van der Waals surface area (Å²) >= 11 is 0. The van der Waals surface area contributed by atoms with Crippen molar-refractivity contribution in [2.45, 2.75) is 58.1 Å². The van der Waals surface area contributed by atoms with Crippen molar-refractivity contribution < 1.29 is 23.5 Å². The van der Waals surface area contributed by atoms with Gasteiger partial charge in [0.25, 0.3) is 0 Å². The normalized spacial score (nSPS) is 16.6. The molecular weight excluding hydrogens is 340 g/mol. The Hall–Kier alpha value is -0.996. The lowest BCUT2D eigenvalue weighted by atomic mass is 9.82. The van der Waals surface area contributed by atoms with Crippen molar-refractivity contribution in [3.63, 3.8) is 0 Å². The molecule has 1 aromatic carbocycles. The molecule has 1 atom stereocenters. The molecule has 0 radical (unpaired) electrons. The summed E-state index contributed by atoms with van der Waals surface area (Å²) in [6.45, 7) is 11.7. The molecular formula is C17H30O5Si2. The number of hydrogen-bond donors (Lipinski definition) is 1. The molecule has 0 saturated heterocycles. The van der Waals surface area contributed by atoms with Crippen LogP contribution in [0.15, 0.2) is 24.3 Å². The molecule has 0 heterocycles. The zero-order valence-electron chi connectivity index (χ0n) is 15.6. The van der Waals surface area contributed by atoms with Crippen LogP contribution in [-0.4, -0.2) is 43.5 Å². The maximum absolute atomic E-state index is 11.9. The molecule has 1 N–H and O–H groups in total. The van der Waals surface area contributed by atoms with Crippen LogP contribution in [0.3, 0.4) is 0 Å². The Bertz CT molecular complexity index is 522. The zero-order chi connectivity index (χ0) is 18.4. The second-order valence-corrected chi connectivity index (χ2v) is 8.16. The van der Waals surface area contributed by atoms with Gasteiger partial charge in [-0.15, -0.1) is 0 Å². The largest absolute Gasteiger partial charge is 0.464 e. The van der Waals surface area contributed by atoms with E-state index in [9.17, 15) is 9.90 Å². The first-order chi connectivity index (χ1) is 11.2. The highest BCUT2D eigenvalue weighted by Crippen LogP contribution is 2.32. The topological polar surface area (TPSA) is 65.0 Å². The van der Waals surface area contributed by atoms with Crippen molar-refractivity contribution in [2.24, 2.45) is 0 Å². The van der Waals surface area contributed by atoms with Crippen molar-refractivity contribution >= 4 is 25.5 Å². The predicted molar refractivity (Wildman–Crippen MR) is 100 cm³/mol. The molecule has 0 fully saturated rings. The van der Waals surface area contributed by atoms with Crippen LogP contribution in [0.25, 0.3) is 0 Å². The summed E-state index contributed by atoms with van der Waals surface area (Å²) in [4.78, 5) is 11.9. The lowest BCUT2D eigenvalue weighted by Crippen LogP contribution is -2.39. The maximum atomic E-state index is 11.9. The standard InChI is InChI=1S/C17H30O5Si2/c1-7-20-14(18)17(4,19)13-10-8-12(9-11-13)16(2,3)15(21-23-5)22-24-6/h8-11,15,19H,7,23-24H2,1-6H3. The lowest BCUT2D eigenvalue weighted by molar-refractivity contribution is -0.164. The van der Waals surface area contributed by atoms with E-state index in [4.69, 9.17) is 13.6 Å². The first-order valence-corrected chi connectivity index (χ1v) is 12.4. The van der Waals surface area contributed by atoms with Crippen LogP contribution in [-0.2, 0) is 29.4 Å². The Morgan fingerprint density at radius 3 is 1.96 bits per heavy atom. The van der Waals surface area contributed by atoms with Gasteiger partial charge >= 0.3 is 5.97 Å². The molecule has 24 heavy (non-hydrogen) atoms. The van der Waals surface area contributed by atoms with E-state index >= 15 is 0 Å². The monoisotopic (exact) mass is 370 g/mol. The van der Waals surface area contributed by atoms with Crippen LogP contribution in [0, 0.1) is 0 Å². The van der Waals surface area contributed by atoms with E-state index in [0.717, 1.165) is 5.56 Å². The Balaban J connectivity index is 3.06. The molecule has 1 unspecified atom stereocenters. The smallest absolute Gasteiger partial charge is 0.342 e. The minimum absolute atomic E-state index is 0.234. The highest BCUT2D eigenvalue weighted by Gasteiger charge is 2.36. The lowest BCUT2D eigenvalue weighted by Gasteiger charge is -2.35. The number of hydrogen-bond acceptors (Lipinski definition) is 5. The van der Waals surface area contributed by atoms with Crippen LogP contribution in [0.5, 0.6) is 0 Å². The van der Waals surface area contributed by atoms with Gasteiger partial charge in [0.05, 0.1) is 6.61 Å². The third-order valence-corrected chi connectivity index (χ3v) is 5.36. The molecule has 7 heteroatoms. The second-order valence-electron chi connectivity index (χ2n) is 6.33. The van der Waals surface area contributed by atoms with Gasteiger partial charge in [-0.1, -0.05) is 51.2 Å². The molecule has 0 bridgehead atoms. The second kappa shape index (κ2) is 8.91. The Kier molecular flexibility index (Phi) is 7.82. The summed E-state index contributed by atoms with van der Waals surface area (Å²) in [6, 6.07) is 7.35. The molecule has 0 aliphatic rings. The van der Waals surface area contributed by atoms with Crippen LogP contribution in [0.4, 0.5) is 0 Å². The number of esters is 1. The van der Waals surface area contributed by atoms with Gasteiger partial charge in [-0.2, -0.15) is 0 Å². The summed E-state index contributed by atoms with van der Waals surface area (Å²) in [5.74, 6) is -0.643. The molecule has 1 aromatic rings. The number of rotatable bonds is 9. The number of aliphatic hydroxyl groups is 1. The molecule has 136 valence electrons. The first-order valence-electron chi connectivity index (χ1n) is 8.45. The fourth-order valence-corrected chi connectivity index (χ4v) is 4.34. The van der Waals surface area contributed by atoms with Gasteiger partial charge in [0.2, 0.25) is 0 Å². The van der Waals surface area contributed by atoms with Crippen molar-refractivity contribution in [1.29, 1.82) is 0 Å². The van der Waals surface area contributed by atoms with Crippen LogP contribution in [0.2, 0.25) is 13.1 Å². The Morgan fingerprint density at radius 2 is 1.54 bits per heavy atom. The van der Waals surface area contributed by atoms with E-state index in [1.807, 2.05) is 12.1 Å². The van der Waals surface area contributed by atoms with Crippen molar-refractivity contribution in [2.75, 3.05) is 6.61 Å². The summed E-state index contributed by atoms with van der Waals surface area (Å²) in [6.07, 6.45) is -0.248. The predicted octanol–water partition coefficient (Wildman–Crippen LogP) is 1.36. The van der Waals surface area contributed by atoms with E-state index in [1.54, 1.807) is 19.1 Å². The van der Waals surface area contributed by atoms with E-state index in [0.29, 0.717) is 5.56 Å². The average molecular weight is 371 g/mol. The Morgan fingerprint density at radius 1 is 1.08 bits per heavy atom. The maximum Gasteiger partial charge on any atom is 0.342 e. The summed E-state index contributed by atoms with van der Waals surface area (Å²) in [5, 5.41) is 10.4. The highest BCUT2D eigenvalue weighted by atomic mass is 28.2. The van der Waals surface area contributed by atoms with E-state index in [-0.39, 0.29) is 18.3 Å². The molecule has 1 rings (SSSR count). The van der Waals surface area contributed by atoms with Crippen LogP contribution >= 0.6 is 0 Å². The van der Waals surface area contributed by atoms with Crippen molar-refractivity contribution in [3.8, 4) is 0 Å². The van der Waals surface area contributed by atoms with Crippen LogP contribution in [0.1, 0.15) is 38.8 Å². The molecule has 0 spiro atoms. The fraction of sp³-hybridized carbons (Fsp3) is 0.588. The minimum atomic E-state index is -1.66. The first kappa shape index (κ1) is 21.0. The van der Waals surface area contributed by atoms with Crippen molar-refractivity contribution in [3.05, 3.63) is 35.4 Å². The quantitative estimate of drug-likeness (QED) is 0.404. The third kappa shape index (κ3) is 4.76. The van der Waals surface area contributed by atoms with Crippen LogP contribution < -0.4 is 0 Å². The Labute approximate surface area is 149 Å². The molecule has 0 aromatic heterocycles. The van der Waals surface area contributed by atoms with Gasteiger partial charge < -0.3 is 18.7 Å². The number of carbonyl (C=O) groups excluding carboxylic acids is 1.